The van der Waals surface area contributed by atoms with E-state index in [1.165, 1.54) is 12.1 Å². The lowest BCUT2D eigenvalue weighted by molar-refractivity contribution is -0.129. The summed E-state index contributed by atoms with van der Waals surface area (Å²) in [4.78, 5) is 39.1. The van der Waals surface area contributed by atoms with E-state index >= 15 is 0 Å². The fraction of sp³-hybridized carbons (Fsp3) is 0.500. The molecule has 0 radical (unpaired) electrons. The van der Waals surface area contributed by atoms with Crippen molar-refractivity contribution in [3.8, 4) is 0 Å². The zero-order chi connectivity index (χ0) is 18.4. The molecule has 2 rings (SSSR count). The number of rotatable bonds is 8. The average Bonchev–Trinajstić information content (AvgIpc) is 2.93. The molecule has 1 atom stereocenters. The monoisotopic (exact) mass is 347 g/mol. The van der Waals surface area contributed by atoms with Crippen LogP contribution in [0.1, 0.15) is 28.8 Å². The number of carbonyl (C=O) groups is 3. The van der Waals surface area contributed by atoms with Gasteiger partial charge < -0.3 is 20.2 Å². The van der Waals surface area contributed by atoms with Crippen molar-refractivity contribution in [3.05, 3.63) is 35.4 Å². The lowest BCUT2D eigenvalue weighted by atomic mass is 10.1. The van der Waals surface area contributed by atoms with Gasteiger partial charge in [-0.1, -0.05) is 12.1 Å². The number of likely N-dealkylation sites (tertiary alicyclic amines) is 1. The Kier molecular flexibility index (Phi) is 6.52. The van der Waals surface area contributed by atoms with Gasteiger partial charge in [0.25, 0.3) is 0 Å². The molecule has 136 valence electrons. The van der Waals surface area contributed by atoms with Gasteiger partial charge in [-0.25, -0.2) is 4.79 Å². The number of carbonyl (C=O) groups excluding carboxylic acids is 2. The quantitative estimate of drug-likeness (QED) is 0.726. The number of benzene rings is 1. The first-order chi connectivity index (χ1) is 11.9. The van der Waals surface area contributed by atoms with Crippen molar-refractivity contribution >= 4 is 17.8 Å². The van der Waals surface area contributed by atoms with Gasteiger partial charge in [0.05, 0.1) is 11.5 Å². The summed E-state index contributed by atoms with van der Waals surface area (Å²) >= 11 is 0. The van der Waals surface area contributed by atoms with Crippen LogP contribution in [0.4, 0.5) is 0 Å². The third-order valence-electron chi connectivity index (χ3n) is 4.26. The van der Waals surface area contributed by atoms with E-state index in [4.69, 9.17) is 5.11 Å². The highest BCUT2D eigenvalue weighted by Crippen LogP contribution is 2.18. The molecule has 1 unspecified atom stereocenters. The maximum absolute atomic E-state index is 12.3. The number of carboxylic acid groups (broad SMARTS) is 1. The largest absolute Gasteiger partial charge is 0.478 e. The molecule has 1 aliphatic heterocycles. The second kappa shape index (κ2) is 8.62. The minimum atomic E-state index is -0.997. The fourth-order valence-electron chi connectivity index (χ4n) is 2.89. The summed E-state index contributed by atoms with van der Waals surface area (Å²) in [6.45, 7) is 2.28. The van der Waals surface area contributed by atoms with Gasteiger partial charge in [-0.2, -0.15) is 0 Å². The Morgan fingerprint density at radius 1 is 1.36 bits per heavy atom. The van der Waals surface area contributed by atoms with E-state index in [-0.39, 0.29) is 36.3 Å². The first kappa shape index (κ1) is 18.9. The standard InChI is InChI=1S/C18H25N3O4/c1-20(2)7-4-8-21-12-15(10-16(21)22)17(23)19-11-13-5-3-6-14(9-13)18(24)25/h3,5-6,9,15H,4,7-8,10-12H2,1-2H3,(H,19,23)(H,24,25). The number of carboxylic acids is 1. The molecular formula is C18H25N3O4. The Balaban J connectivity index is 1.82. The molecular weight excluding hydrogens is 322 g/mol. The van der Waals surface area contributed by atoms with Crippen molar-refractivity contribution in [3.63, 3.8) is 0 Å². The first-order valence-electron chi connectivity index (χ1n) is 8.39. The fourth-order valence-corrected chi connectivity index (χ4v) is 2.89. The van der Waals surface area contributed by atoms with Crippen LogP contribution in [0.5, 0.6) is 0 Å². The van der Waals surface area contributed by atoms with Crippen molar-refractivity contribution in [2.45, 2.75) is 19.4 Å². The van der Waals surface area contributed by atoms with Crippen LogP contribution in [-0.2, 0) is 16.1 Å². The highest BCUT2D eigenvalue weighted by molar-refractivity contribution is 5.89. The van der Waals surface area contributed by atoms with Crippen LogP contribution >= 0.6 is 0 Å². The Morgan fingerprint density at radius 2 is 2.12 bits per heavy atom. The molecule has 2 N–H and O–H groups in total. The summed E-state index contributed by atoms with van der Waals surface area (Å²) in [6, 6.07) is 6.46. The topological polar surface area (TPSA) is 89.9 Å². The predicted octanol–water partition coefficient (Wildman–Crippen LogP) is 0.801. The number of aromatic carboxylic acids is 1. The second-order valence-corrected chi connectivity index (χ2v) is 6.62. The SMILES string of the molecule is CN(C)CCCN1CC(C(=O)NCc2cccc(C(=O)O)c2)CC1=O. The Bertz CT molecular complexity index is 645. The van der Waals surface area contributed by atoms with Gasteiger partial charge in [-0.15, -0.1) is 0 Å². The number of hydrogen-bond donors (Lipinski definition) is 2. The van der Waals surface area contributed by atoms with Crippen LogP contribution in [0.2, 0.25) is 0 Å². The smallest absolute Gasteiger partial charge is 0.335 e. The van der Waals surface area contributed by atoms with Gasteiger partial charge in [0.1, 0.15) is 0 Å². The molecule has 1 fully saturated rings. The molecule has 2 amide bonds. The van der Waals surface area contributed by atoms with E-state index < -0.39 is 5.97 Å². The van der Waals surface area contributed by atoms with Crippen LogP contribution in [0, 0.1) is 5.92 Å². The molecule has 0 spiro atoms. The van der Waals surface area contributed by atoms with Crippen molar-refractivity contribution in [2.24, 2.45) is 5.92 Å². The van der Waals surface area contributed by atoms with E-state index in [0.717, 1.165) is 18.5 Å². The highest BCUT2D eigenvalue weighted by Gasteiger charge is 2.33. The molecule has 1 heterocycles. The number of amides is 2. The lowest BCUT2D eigenvalue weighted by Crippen LogP contribution is -2.33. The molecule has 0 saturated carbocycles. The van der Waals surface area contributed by atoms with Crippen LogP contribution < -0.4 is 5.32 Å². The van der Waals surface area contributed by atoms with Gasteiger partial charge in [0.2, 0.25) is 11.8 Å². The summed E-state index contributed by atoms with van der Waals surface area (Å²) in [6.07, 6.45) is 1.12. The summed E-state index contributed by atoms with van der Waals surface area (Å²) in [5.41, 5.74) is 0.912. The molecule has 7 heteroatoms. The molecule has 1 aromatic carbocycles. The molecule has 0 bridgehead atoms. The van der Waals surface area contributed by atoms with Crippen molar-refractivity contribution in [2.75, 3.05) is 33.7 Å². The molecule has 1 aromatic rings. The predicted molar refractivity (Wildman–Crippen MR) is 93.1 cm³/mol. The molecule has 25 heavy (non-hydrogen) atoms. The molecule has 0 aromatic heterocycles. The van der Waals surface area contributed by atoms with Crippen molar-refractivity contribution in [1.82, 2.24) is 15.1 Å². The summed E-state index contributed by atoms with van der Waals surface area (Å²) in [5.74, 6) is -1.48. The van der Waals surface area contributed by atoms with Gasteiger partial charge in [-0.3, -0.25) is 9.59 Å². The molecule has 1 aliphatic rings. The first-order valence-corrected chi connectivity index (χ1v) is 8.39. The summed E-state index contributed by atoms with van der Waals surface area (Å²) < 4.78 is 0. The summed E-state index contributed by atoms with van der Waals surface area (Å²) in [7, 11) is 3.98. The lowest BCUT2D eigenvalue weighted by Gasteiger charge is -2.18. The zero-order valence-electron chi connectivity index (χ0n) is 14.7. The Labute approximate surface area is 147 Å². The van der Waals surface area contributed by atoms with Gasteiger partial charge >= 0.3 is 5.97 Å². The van der Waals surface area contributed by atoms with Crippen LogP contribution in [0.15, 0.2) is 24.3 Å². The normalized spacial score (nSPS) is 17.2. The Morgan fingerprint density at radius 3 is 2.80 bits per heavy atom. The van der Waals surface area contributed by atoms with Crippen LogP contribution in [0.3, 0.4) is 0 Å². The number of nitrogens with zero attached hydrogens (tertiary/aromatic N) is 2. The number of nitrogens with one attached hydrogen (secondary N) is 1. The third-order valence-corrected chi connectivity index (χ3v) is 4.26. The van der Waals surface area contributed by atoms with E-state index in [9.17, 15) is 14.4 Å². The van der Waals surface area contributed by atoms with E-state index in [1.54, 1.807) is 17.0 Å². The van der Waals surface area contributed by atoms with Crippen molar-refractivity contribution in [1.29, 1.82) is 0 Å². The van der Waals surface area contributed by atoms with Crippen LogP contribution in [-0.4, -0.2) is 66.4 Å². The van der Waals surface area contributed by atoms with Gasteiger partial charge in [0, 0.05) is 26.1 Å². The van der Waals surface area contributed by atoms with Gasteiger partial charge in [-0.05, 0) is 44.8 Å². The summed E-state index contributed by atoms with van der Waals surface area (Å²) in [5, 5.41) is 11.8. The molecule has 7 nitrogen and oxygen atoms in total. The van der Waals surface area contributed by atoms with Crippen molar-refractivity contribution < 1.29 is 19.5 Å². The number of hydrogen-bond acceptors (Lipinski definition) is 4. The zero-order valence-corrected chi connectivity index (χ0v) is 14.7. The average molecular weight is 347 g/mol. The maximum Gasteiger partial charge on any atom is 0.335 e. The van der Waals surface area contributed by atoms with Crippen LogP contribution in [0.25, 0.3) is 0 Å². The van der Waals surface area contributed by atoms with Gasteiger partial charge in [0.15, 0.2) is 0 Å². The van der Waals surface area contributed by atoms with E-state index in [0.29, 0.717) is 13.1 Å². The highest BCUT2D eigenvalue weighted by atomic mass is 16.4. The Hall–Kier alpha value is -2.41. The molecule has 1 saturated heterocycles. The minimum Gasteiger partial charge on any atom is -0.478 e. The maximum atomic E-state index is 12.3. The van der Waals surface area contributed by atoms with E-state index in [2.05, 4.69) is 10.2 Å². The van der Waals surface area contributed by atoms with E-state index in [1.807, 2.05) is 14.1 Å². The third kappa shape index (κ3) is 5.56. The molecule has 0 aliphatic carbocycles. The minimum absolute atomic E-state index is 0.0202. The second-order valence-electron chi connectivity index (χ2n) is 6.62.